The predicted octanol–water partition coefficient (Wildman–Crippen LogP) is 3.32. The molecule has 1 aromatic heterocycles. The van der Waals surface area contributed by atoms with E-state index < -0.39 is 0 Å². The number of aryl methyl sites for hydroxylation is 2. The molecule has 0 spiro atoms. The van der Waals surface area contributed by atoms with Gasteiger partial charge in [0.1, 0.15) is 11.6 Å². The Morgan fingerprint density at radius 3 is 2.71 bits per heavy atom. The zero-order valence-electron chi connectivity index (χ0n) is 14.2. The third-order valence-electron chi connectivity index (χ3n) is 4.16. The van der Waals surface area contributed by atoms with Gasteiger partial charge in [0.05, 0.1) is 11.9 Å². The van der Waals surface area contributed by atoms with Crippen LogP contribution in [0.1, 0.15) is 24.0 Å². The van der Waals surface area contributed by atoms with Gasteiger partial charge < -0.3 is 15.0 Å². The van der Waals surface area contributed by atoms with E-state index in [2.05, 4.69) is 15.2 Å². The lowest BCUT2D eigenvalue weighted by Crippen LogP contribution is -2.21. The molecular weight excluding hydrogens is 302 g/mol. The molecule has 126 valence electrons. The Labute approximate surface area is 142 Å². The van der Waals surface area contributed by atoms with Crippen LogP contribution < -0.4 is 15.0 Å². The van der Waals surface area contributed by atoms with E-state index >= 15 is 0 Å². The number of amides is 1. The molecule has 2 aromatic rings. The minimum absolute atomic E-state index is 0.0157. The maximum Gasteiger partial charge on any atom is 0.262 e. The second-order valence-corrected chi connectivity index (χ2v) is 6.21. The molecule has 1 fully saturated rings. The van der Waals surface area contributed by atoms with Crippen molar-refractivity contribution in [3.63, 3.8) is 0 Å². The highest BCUT2D eigenvalue weighted by molar-refractivity contribution is 5.91. The number of carbonyl (C=O) groups excluding carboxylic acids is 1. The van der Waals surface area contributed by atoms with Crippen LogP contribution in [0.2, 0.25) is 0 Å². The maximum atomic E-state index is 12.0. The maximum absolute atomic E-state index is 12.0. The number of anilines is 2. The number of benzene rings is 1. The van der Waals surface area contributed by atoms with E-state index in [1.807, 2.05) is 44.2 Å². The molecule has 0 saturated carbocycles. The van der Waals surface area contributed by atoms with Crippen molar-refractivity contribution in [2.24, 2.45) is 0 Å². The summed E-state index contributed by atoms with van der Waals surface area (Å²) in [5.41, 5.74) is 2.82. The molecule has 3 rings (SSSR count). The fraction of sp³-hybridized carbons (Fsp3) is 0.368. The summed E-state index contributed by atoms with van der Waals surface area (Å²) in [7, 11) is 0. The average Bonchev–Trinajstić information content (AvgIpc) is 3.11. The first kappa shape index (κ1) is 16.3. The zero-order valence-corrected chi connectivity index (χ0v) is 14.2. The van der Waals surface area contributed by atoms with E-state index in [9.17, 15) is 4.79 Å². The molecule has 1 amide bonds. The van der Waals surface area contributed by atoms with Crippen molar-refractivity contribution >= 4 is 17.4 Å². The third kappa shape index (κ3) is 4.04. The summed E-state index contributed by atoms with van der Waals surface area (Å²) in [6.07, 6.45) is 4.13. The lowest BCUT2D eigenvalue weighted by Gasteiger charge is -2.16. The first-order valence-corrected chi connectivity index (χ1v) is 8.33. The summed E-state index contributed by atoms with van der Waals surface area (Å²) < 4.78 is 5.62. The molecule has 1 aromatic carbocycles. The highest BCUT2D eigenvalue weighted by atomic mass is 16.5. The number of aromatic nitrogens is 1. The molecule has 24 heavy (non-hydrogen) atoms. The van der Waals surface area contributed by atoms with Gasteiger partial charge in [0, 0.05) is 13.1 Å². The van der Waals surface area contributed by atoms with Crippen molar-refractivity contribution in [3.8, 4) is 5.75 Å². The Hall–Kier alpha value is -2.56. The van der Waals surface area contributed by atoms with Crippen LogP contribution in [0.5, 0.6) is 5.75 Å². The first-order valence-electron chi connectivity index (χ1n) is 8.33. The van der Waals surface area contributed by atoms with E-state index in [1.54, 1.807) is 6.20 Å². The Balaban J connectivity index is 1.53. The molecule has 1 saturated heterocycles. The van der Waals surface area contributed by atoms with Gasteiger partial charge in [0.2, 0.25) is 0 Å². The van der Waals surface area contributed by atoms with Crippen LogP contribution in [0.3, 0.4) is 0 Å². The van der Waals surface area contributed by atoms with Crippen LogP contribution in [0.25, 0.3) is 0 Å². The molecule has 1 aliphatic heterocycles. The van der Waals surface area contributed by atoms with E-state index in [0.717, 1.165) is 35.8 Å². The zero-order chi connectivity index (χ0) is 16.9. The summed E-state index contributed by atoms with van der Waals surface area (Å²) in [6.45, 7) is 6.07. The molecule has 5 nitrogen and oxygen atoms in total. The Bertz CT molecular complexity index is 707. The Morgan fingerprint density at radius 2 is 2.00 bits per heavy atom. The number of pyridine rings is 1. The number of hydrogen-bond acceptors (Lipinski definition) is 4. The molecule has 1 aliphatic rings. The van der Waals surface area contributed by atoms with Gasteiger partial charge in [-0.2, -0.15) is 0 Å². The summed E-state index contributed by atoms with van der Waals surface area (Å²) in [4.78, 5) is 18.7. The molecule has 0 bridgehead atoms. The van der Waals surface area contributed by atoms with Crippen LogP contribution in [-0.2, 0) is 4.79 Å². The molecule has 2 heterocycles. The van der Waals surface area contributed by atoms with Gasteiger partial charge in [-0.15, -0.1) is 0 Å². The largest absolute Gasteiger partial charge is 0.483 e. The van der Waals surface area contributed by atoms with Crippen LogP contribution in [0, 0.1) is 13.8 Å². The third-order valence-corrected chi connectivity index (χ3v) is 4.16. The van der Waals surface area contributed by atoms with Crippen molar-refractivity contribution in [1.82, 2.24) is 4.98 Å². The molecule has 0 radical (unpaired) electrons. The van der Waals surface area contributed by atoms with Crippen molar-refractivity contribution in [2.45, 2.75) is 26.7 Å². The van der Waals surface area contributed by atoms with Gasteiger partial charge in [-0.05, 0) is 56.0 Å². The number of carbonyl (C=O) groups is 1. The lowest BCUT2D eigenvalue weighted by atomic mass is 10.1. The molecule has 0 atom stereocenters. The minimum atomic E-state index is -0.188. The van der Waals surface area contributed by atoms with Crippen LogP contribution in [0.4, 0.5) is 11.5 Å². The topological polar surface area (TPSA) is 54.5 Å². The first-order chi connectivity index (χ1) is 11.6. The number of nitrogens with one attached hydrogen (secondary N) is 1. The summed E-state index contributed by atoms with van der Waals surface area (Å²) in [6, 6.07) is 9.79. The number of hydrogen-bond donors (Lipinski definition) is 1. The van der Waals surface area contributed by atoms with Gasteiger partial charge in [-0.25, -0.2) is 4.98 Å². The van der Waals surface area contributed by atoms with Crippen LogP contribution in [0.15, 0.2) is 36.5 Å². The predicted molar refractivity (Wildman–Crippen MR) is 95.7 cm³/mol. The van der Waals surface area contributed by atoms with E-state index in [0.29, 0.717) is 5.69 Å². The quantitative estimate of drug-likeness (QED) is 0.916. The van der Waals surface area contributed by atoms with Crippen molar-refractivity contribution in [1.29, 1.82) is 0 Å². The van der Waals surface area contributed by atoms with Gasteiger partial charge in [0.15, 0.2) is 6.61 Å². The number of nitrogens with zero attached hydrogens (tertiary/aromatic N) is 2. The molecule has 5 heteroatoms. The van der Waals surface area contributed by atoms with E-state index in [4.69, 9.17) is 4.74 Å². The Morgan fingerprint density at radius 1 is 1.21 bits per heavy atom. The second kappa shape index (κ2) is 7.34. The smallest absolute Gasteiger partial charge is 0.262 e. The highest BCUT2D eigenvalue weighted by Gasteiger charge is 2.13. The number of rotatable bonds is 5. The van der Waals surface area contributed by atoms with E-state index in [1.165, 1.54) is 12.8 Å². The lowest BCUT2D eigenvalue weighted by molar-refractivity contribution is -0.118. The summed E-state index contributed by atoms with van der Waals surface area (Å²) >= 11 is 0. The normalized spacial score (nSPS) is 13.8. The summed E-state index contributed by atoms with van der Waals surface area (Å²) in [5, 5.41) is 2.82. The van der Waals surface area contributed by atoms with Gasteiger partial charge >= 0.3 is 0 Å². The average molecular weight is 325 g/mol. The van der Waals surface area contributed by atoms with Crippen LogP contribution in [-0.4, -0.2) is 30.6 Å². The molecule has 1 N–H and O–H groups in total. The number of ether oxygens (including phenoxy) is 1. The monoisotopic (exact) mass is 325 g/mol. The van der Waals surface area contributed by atoms with Crippen molar-refractivity contribution < 1.29 is 9.53 Å². The fourth-order valence-electron chi connectivity index (χ4n) is 2.80. The molecule has 0 aliphatic carbocycles. The highest BCUT2D eigenvalue weighted by Crippen LogP contribution is 2.20. The van der Waals surface area contributed by atoms with Crippen molar-refractivity contribution in [3.05, 3.63) is 47.7 Å². The van der Waals surface area contributed by atoms with E-state index in [-0.39, 0.29) is 12.5 Å². The van der Waals surface area contributed by atoms with Gasteiger partial charge in [0.25, 0.3) is 5.91 Å². The second-order valence-electron chi connectivity index (χ2n) is 6.21. The van der Waals surface area contributed by atoms with Gasteiger partial charge in [-0.1, -0.05) is 12.1 Å². The standard InChI is InChI=1S/C19H23N3O2/c1-14-5-6-15(2)17(11-14)24-13-19(23)21-16-7-8-18(20-12-16)22-9-3-4-10-22/h5-8,11-12H,3-4,9-10,13H2,1-2H3,(H,21,23). The van der Waals surface area contributed by atoms with Crippen molar-refractivity contribution in [2.75, 3.05) is 29.9 Å². The SMILES string of the molecule is Cc1ccc(C)c(OCC(=O)Nc2ccc(N3CCCC3)nc2)c1. The molecule has 0 unspecified atom stereocenters. The van der Waals surface area contributed by atoms with Gasteiger partial charge in [-0.3, -0.25) is 4.79 Å². The minimum Gasteiger partial charge on any atom is -0.483 e. The Kier molecular flexibility index (Phi) is 4.99. The molecular formula is C19H23N3O2. The fourth-order valence-corrected chi connectivity index (χ4v) is 2.80. The van der Waals surface area contributed by atoms with Crippen LogP contribution >= 0.6 is 0 Å². The summed E-state index contributed by atoms with van der Waals surface area (Å²) in [5.74, 6) is 1.52.